The van der Waals surface area contributed by atoms with Gasteiger partial charge in [0, 0.05) is 0 Å². The number of carbonyl (C=O) groups is 4. The van der Waals surface area contributed by atoms with E-state index in [0.29, 0.717) is 25.8 Å². The fraction of sp³-hybridized carbons (Fsp3) is 0.765. The lowest BCUT2D eigenvalue weighted by molar-refractivity contribution is -0.141. The average Bonchev–Trinajstić information content (AvgIpc) is 2.51. The molecule has 0 aliphatic carbocycles. The van der Waals surface area contributed by atoms with E-state index in [-0.39, 0.29) is 0 Å². The van der Waals surface area contributed by atoms with Crippen LogP contribution in [0.3, 0.4) is 0 Å². The van der Waals surface area contributed by atoms with Crippen molar-refractivity contribution in [1.82, 2.24) is 16.0 Å². The lowest BCUT2D eigenvalue weighted by Crippen LogP contribution is -2.54. The van der Waals surface area contributed by atoms with Crippen molar-refractivity contribution < 1.29 is 29.0 Å². The first-order valence-electron chi connectivity index (χ1n) is 8.90. The van der Waals surface area contributed by atoms with E-state index in [2.05, 4.69) is 16.0 Å². The molecule has 0 bridgehead atoms. The average molecular weight is 388 g/mol. The standard InChI is InChI=1S/C17H32N4O6/c1-10(13(22)20-11(2)15(24)25)19-14(23)12(8-6-7-9-18)21-16(26)27-17(3,4)5/h10-12H,6-9,18H2,1-5H3,(H,19,23)(H,20,22)(H,21,26)(H,24,25)/t10-,11-,12+/m1/s1. The maximum Gasteiger partial charge on any atom is 0.408 e. The van der Waals surface area contributed by atoms with E-state index < -0.39 is 47.6 Å². The Bertz CT molecular complexity index is 532. The van der Waals surface area contributed by atoms with Gasteiger partial charge in [0.2, 0.25) is 11.8 Å². The van der Waals surface area contributed by atoms with Crippen molar-refractivity contribution in [2.24, 2.45) is 5.73 Å². The summed E-state index contributed by atoms with van der Waals surface area (Å²) in [6.07, 6.45) is 0.849. The Morgan fingerprint density at radius 1 is 0.963 bits per heavy atom. The molecule has 0 aromatic rings. The number of aliphatic carboxylic acids is 1. The van der Waals surface area contributed by atoms with Gasteiger partial charge in [0.25, 0.3) is 0 Å². The SMILES string of the molecule is C[C@@H](NC(=O)[C@@H](C)NC(=O)[C@H](CCCCN)NC(=O)OC(C)(C)C)C(=O)O. The molecule has 6 N–H and O–H groups in total. The summed E-state index contributed by atoms with van der Waals surface area (Å²) in [6, 6.07) is -2.97. The van der Waals surface area contributed by atoms with Gasteiger partial charge in [0.05, 0.1) is 0 Å². The van der Waals surface area contributed by atoms with E-state index in [1.165, 1.54) is 13.8 Å². The first-order chi connectivity index (χ1) is 12.4. The number of carboxylic acids is 1. The number of unbranched alkanes of at least 4 members (excludes halogenated alkanes) is 1. The van der Waals surface area contributed by atoms with Gasteiger partial charge in [-0.3, -0.25) is 14.4 Å². The van der Waals surface area contributed by atoms with Crippen LogP contribution in [0.25, 0.3) is 0 Å². The van der Waals surface area contributed by atoms with Crippen molar-refractivity contribution in [3.05, 3.63) is 0 Å². The topological polar surface area (TPSA) is 160 Å². The normalized spacial score (nSPS) is 14.4. The lowest BCUT2D eigenvalue weighted by atomic mass is 10.1. The number of rotatable bonds is 10. The summed E-state index contributed by atoms with van der Waals surface area (Å²) < 4.78 is 5.16. The monoisotopic (exact) mass is 388 g/mol. The number of ether oxygens (including phenoxy) is 1. The molecule has 27 heavy (non-hydrogen) atoms. The van der Waals surface area contributed by atoms with Crippen LogP contribution < -0.4 is 21.7 Å². The second-order valence-corrected chi connectivity index (χ2v) is 7.28. The minimum atomic E-state index is -1.19. The molecule has 10 nitrogen and oxygen atoms in total. The zero-order valence-corrected chi connectivity index (χ0v) is 16.6. The van der Waals surface area contributed by atoms with Crippen LogP contribution in [0, 0.1) is 0 Å². The van der Waals surface area contributed by atoms with Crippen LogP contribution >= 0.6 is 0 Å². The lowest BCUT2D eigenvalue weighted by Gasteiger charge is -2.24. The summed E-state index contributed by atoms with van der Waals surface area (Å²) in [5.41, 5.74) is 4.73. The molecule has 0 fully saturated rings. The summed E-state index contributed by atoms with van der Waals surface area (Å²) in [5, 5.41) is 16.1. The van der Waals surface area contributed by atoms with Crippen molar-refractivity contribution in [2.75, 3.05) is 6.54 Å². The molecule has 0 heterocycles. The van der Waals surface area contributed by atoms with E-state index in [9.17, 15) is 19.2 Å². The zero-order valence-electron chi connectivity index (χ0n) is 16.6. The molecule has 0 radical (unpaired) electrons. The summed E-state index contributed by atoms with van der Waals surface area (Å²) >= 11 is 0. The Hall–Kier alpha value is -2.36. The summed E-state index contributed by atoms with van der Waals surface area (Å²) in [7, 11) is 0. The Morgan fingerprint density at radius 3 is 2.00 bits per heavy atom. The predicted molar refractivity (Wildman–Crippen MR) is 98.9 cm³/mol. The van der Waals surface area contributed by atoms with Gasteiger partial charge in [-0.25, -0.2) is 4.79 Å². The fourth-order valence-electron chi connectivity index (χ4n) is 1.99. The second-order valence-electron chi connectivity index (χ2n) is 7.28. The molecule has 3 amide bonds. The van der Waals surface area contributed by atoms with Crippen molar-refractivity contribution in [2.45, 2.75) is 77.6 Å². The number of carbonyl (C=O) groups excluding carboxylic acids is 3. The highest BCUT2D eigenvalue weighted by Crippen LogP contribution is 2.08. The Balaban J connectivity index is 4.88. The first-order valence-corrected chi connectivity index (χ1v) is 8.90. The molecule has 0 aliphatic rings. The molecule has 0 unspecified atom stereocenters. The highest BCUT2D eigenvalue weighted by Gasteiger charge is 2.27. The highest BCUT2D eigenvalue weighted by atomic mass is 16.6. The van der Waals surface area contributed by atoms with E-state index in [4.69, 9.17) is 15.6 Å². The van der Waals surface area contributed by atoms with Crippen molar-refractivity contribution >= 4 is 23.9 Å². The van der Waals surface area contributed by atoms with Crippen LogP contribution in [-0.2, 0) is 19.1 Å². The Labute approximate surface area is 159 Å². The van der Waals surface area contributed by atoms with Gasteiger partial charge in [0.15, 0.2) is 0 Å². The van der Waals surface area contributed by atoms with Crippen molar-refractivity contribution in [1.29, 1.82) is 0 Å². The van der Waals surface area contributed by atoms with Crippen LogP contribution in [0.1, 0.15) is 53.9 Å². The molecule has 3 atom stereocenters. The minimum Gasteiger partial charge on any atom is -0.480 e. The number of amides is 3. The van der Waals surface area contributed by atoms with E-state index in [0.717, 1.165) is 0 Å². The molecule has 0 aromatic heterocycles. The molecule has 10 heteroatoms. The first kappa shape index (κ1) is 24.6. The molecular formula is C17H32N4O6. The molecule has 0 aliphatic heterocycles. The number of carboxylic acid groups (broad SMARTS) is 1. The maximum atomic E-state index is 12.5. The highest BCUT2D eigenvalue weighted by molar-refractivity contribution is 5.92. The van der Waals surface area contributed by atoms with Gasteiger partial charge in [-0.2, -0.15) is 0 Å². The van der Waals surface area contributed by atoms with Gasteiger partial charge < -0.3 is 31.5 Å². The van der Waals surface area contributed by atoms with Crippen LogP contribution in [0.2, 0.25) is 0 Å². The summed E-state index contributed by atoms with van der Waals surface area (Å²) in [5.74, 6) is -2.40. The maximum absolute atomic E-state index is 12.5. The number of alkyl carbamates (subject to hydrolysis) is 1. The molecule has 0 aromatic carbocycles. The largest absolute Gasteiger partial charge is 0.480 e. The minimum absolute atomic E-state index is 0.322. The van der Waals surface area contributed by atoms with Crippen LogP contribution in [0.4, 0.5) is 4.79 Å². The third-order valence-corrected chi connectivity index (χ3v) is 3.44. The summed E-state index contributed by atoms with van der Waals surface area (Å²) in [4.78, 5) is 47.2. The smallest absolute Gasteiger partial charge is 0.408 e. The molecule has 0 rings (SSSR count). The number of hydrogen-bond donors (Lipinski definition) is 5. The zero-order chi connectivity index (χ0) is 21.2. The Morgan fingerprint density at radius 2 is 1.52 bits per heavy atom. The third kappa shape index (κ3) is 11.1. The van der Waals surface area contributed by atoms with Gasteiger partial charge in [-0.05, 0) is 60.4 Å². The quantitative estimate of drug-likeness (QED) is 0.332. The number of nitrogens with one attached hydrogen (secondary N) is 3. The van der Waals surface area contributed by atoms with Crippen LogP contribution in [0.15, 0.2) is 0 Å². The predicted octanol–water partition coefficient (Wildman–Crippen LogP) is 0.103. The molecule has 0 saturated heterocycles. The van der Waals surface area contributed by atoms with E-state index in [1.54, 1.807) is 20.8 Å². The summed E-state index contributed by atoms with van der Waals surface area (Å²) in [6.45, 7) is 8.29. The molecule has 0 saturated carbocycles. The van der Waals surface area contributed by atoms with Crippen LogP contribution in [0.5, 0.6) is 0 Å². The van der Waals surface area contributed by atoms with Crippen molar-refractivity contribution in [3.8, 4) is 0 Å². The third-order valence-electron chi connectivity index (χ3n) is 3.44. The van der Waals surface area contributed by atoms with Gasteiger partial charge in [0.1, 0.15) is 23.7 Å². The van der Waals surface area contributed by atoms with Gasteiger partial charge in [-0.1, -0.05) is 0 Å². The number of nitrogens with two attached hydrogens (primary N) is 1. The Kier molecular flexibility index (Phi) is 10.4. The van der Waals surface area contributed by atoms with Gasteiger partial charge in [-0.15, -0.1) is 0 Å². The van der Waals surface area contributed by atoms with Gasteiger partial charge >= 0.3 is 12.1 Å². The molecule has 0 spiro atoms. The van der Waals surface area contributed by atoms with E-state index in [1.807, 2.05) is 0 Å². The second kappa shape index (κ2) is 11.4. The molecule has 156 valence electrons. The number of hydrogen-bond acceptors (Lipinski definition) is 6. The van der Waals surface area contributed by atoms with Crippen molar-refractivity contribution in [3.63, 3.8) is 0 Å². The molecular weight excluding hydrogens is 356 g/mol. The van der Waals surface area contributed by atoms with Crippen LogP contribution in [-0.4, -0.2) is 59.3 Å². The van der Waals surface area contributed by atoms with E-state index >= 15 is 0 Å². The fourth-order valence-corrected chi connectivity index (χ4v) is 1.99.